The van der Waals surface area contributed by atoms with E-state index >= 15 is 0 Å². The van der Waals surface area contributed by atoms with Crippen LogP contribution in [0.25, 0.3) is 0 Å². The topological polar surface area (TPSA) is 25.8 Å². The van der Waals surface area contributed by atoms with Crippen molar-refractivity contribution in [2.75, 3.05) is 0 Å². The summed E-state index contributed by atoms with van der Waals surface area (Å²) in [6.07, 6.45) is 0. The number of nitrogens with zero attached hydrogens (tertiary/aromatic N) is 2. The summed E-state index contributed by atoms with van der Waals surface area (Å²) in [7, 11) is 0. The van der Waals surface area contributed by atoms with Crippen LogP contribution in [0.5, 0.6) is 0 Å². The second kappa shape index (κ2) is 5.91. The van der Waals surface area contributed by atoms with Gasteiger partial charge < -0.3 is 0 Å². The molecule has 0 spiro atoms. The van der Waals surface area contributed by atoms with Gasteiger partial charge in [-0.3, -0.25) is 0 Å². The SMILES string of the molecule is Clc1ccc(CSc2ccc(Cl)nn2)c(Cl)c1. The van der Waals surface area contributed by atoms with Gasteiger partial charge in [-0.25, -0.2) is 0 Å². The predicted octanol–water partition coefficient (Wildman–Crippen LogP) is 4.73. The number of aromatic nitrogens is 2. The molecule has 1 heterocycles. The first kappa shape index (κ1) is 13.0. The second-order valence-electron chi connectivity index (χ2n) is 3.22. The highest BCUT2D eigenvalue weighted by atomic mass is 35.5. The summed E-state index contributed by atoms with van der Waals surface area (Å²) >= 11 is 19.1. The summed E-state index contributed by atoms with van der Waals surface area (Å²) in [6, 6.07) is 8.98. The number of benzene rings is 1. The number of halogens is 3. The van der Waals surface area contributed by atoms with E-state index in [0.29, 0.717) is 21.0 Å². The van der Waals surface area contributed by atoms with Crippen molar-refractivity contribution in [1.29, 1.82) is 0 Å². The van der Waals surface area contributed by atoms with Crippen molar-refractivity contribution >= 4 is 46.6 Å². The maximum Gasteiger partial charge on any atom is 0.151 e. The number of hydrogen-bond acceptors (Lipinski definition) is 3. The molecule has 0 amide bonds. The van der Waals surface area contributed by atoms with Crippen LogP contribution < -0.4 is 0 Å². The Hall–Kier alpha value is -0.480. The Labute approximate surface area is 118 Å². The highest BCUT2D eigenvalue weighted by Crippen LogP contribution is 2.27. The molecule has 6 heteroatoms. The van der Waals surface area contributed by atoms with Gasteiger partial charge in [0.25, 0.3) is 0 Å². The third kappa shape index (κ3) is 3.75. The normalized spacial score (nSPS) is 10.5. The minimum atomic E-state index is 0.388. The molecule has 0 saturated carbocycles. The van der Waals surface area contributed by atoms with E-state index in [-0.39, 0.29) is 0 Å². The maximum absolute atomic E-state index is 6.07. The van der Waals surface area contributed by atoms with E-state index in [1.165, 1.54) is 0 Å². The first-order chi connectivity index (χ1) is 8.15. The van der Waals surface area contributed by atoms with Crippen LogP contribution in [0.2, 0.25) is 15.2 Å². The zero-order valence-electron chi connectivity index (χ0n) is 8.53. The molecular formula is C11H7Cl3N2S. The molecule has 2 aromatic rings. The Bertz CT molecular complexity index is 517. The summed E-state index contributed by atoms with van der Waals surface area (Å²) < 4.78 is 0. The molecule has 0 fully saturated rings. The van der Waals surface area contributed by atoms with Gasteiger partial charge in [-0.2, -0.15) is 0 Å². The molecule has 0 unspecified atom stereocenters. The molecule has 0 saturated heterocycles. The molecule has 0 aliphatic heterocycles. The van der Waals surface area contributed by atoms with Gasteiger partial charge >= 0.3 is 0 Å². The highest BCUT2D eigenvalue weighted by molar-refractivity contribution is 7.98. The quantitative estimate of drug-likeness (QED) is 0.767. The first-order valence-corrected chi connectivity index (χ1v) is 6.83. The molecule has 0 radical (unpaired) electrons. The largest absolute Gasteiger partial charge is 0.151 e. The highest BCUT2D eigenvalue weighted by Gasteiger charge is 2.03. The van der Waals surface area contributed by atoms with Crippen molar-refractivity contribution in [3.63, 3.8) is 0 Å². The third-order valence-corrected chi connectivity index (χ3v) is 3.76. The predicted molar refractivity (Wildman–Crippen MR) is 73.1 cm³/mol. The summed E-state index contributed by atoms with van der Waals surface area (Å²) in [6.45, 7) is 0. The van der Waals surface area contributed by atoms with Gasteiger partial charge in [0.15, 0.2) is 5.15 Å². The molecule has 1 aromatic heterocycles. The molecule has 1 aromatic carbocycles. The summed E-state index contributed by atoms with van der Waals surface area (Å²) in [5.41, 5.74) is 1.01. The lowest BCUT2D eigenvalue weighted by Crippen LogP contribution is -1.87. The minimum Gasteiger partial charge on any atom is -0.143 e. The summed E-state index contributed by atoms with van der Waals surface area (Å²) in [5, 5.41) is 10.2. The second-order valence-corrected chi connectivity index (χ2v) is 5.45. The molecular weight excluding hydrogens is 299 g/mol. The van der Waals surface area contributed by atoms with Crippen LogP contribution in [0.15, 0.2) is 35.4 Å². The zero-order chi connectivity index (χ0) is 12.3. The van der Waals surface area contributed by atoms with Crippen molar-refractivity contribution < 1.29 is 0 Å². The van der Waals surface area contributed by atoms with Gasteiger partial charge in [0.2, 0.25) is 0 Å². The molecule has 2 nitrogen and oxygen atoms in total. The lowest BCUT2D eigenvalue weighted by molar-refractivity contribution is 0.929. The lowest BCUT2D eigenvalue weighted by Gasteiger charge is -2.03. The molecule has 17 heavy (non-hydrogen) atoms. The van der Waals surface area contributed by atoms with Gasteiger partial charge in [-0.05, 0) is 29.8 Å². The Morgan fingerprint density at radius 1 is 1.00 bits per heavy atom. The van der Waals surface area contributed by atoms with E-state index in [1.54, 1.807) is 23.9 Å². The molecule has 88 valence electrons. The summed E-state index contributed by atoms with van der Waals surface area (Å²) in [4.78, 5) is 0. The van der Waals surface area contributed by atoms with E-state index in [4.69, 9.17) is 34.8 Å². The van der Waals surface area contributed by atoms with Gasteiger partial charge in [0.05, 0.1) is 0 Å². The van der Waals surface area contributed by atoms with Crippen LogP contribution in [-0.2, 0) is 5.75 Å². The molecule has 0 N–H and O–H groups in total. The van der Waals surface area contributed by atoms with Crippen molar-refractivity contribution in [2.45, 2.75) is 10.8 Å². The van der Waals surface area contributed by atoms with Crippen LogP contribution in [0.3, 0.4) is 0 Å². The average molecular weight is 306 g/mol. The zero-order valence-corrected chi connectivity index (χ0v) is 11.6. The lowest BCUT2D eigenvalue weighted by atomic mass is 10.2. The molecule has 0 aliphatic carbocycles. The van der Waals surface area contributed by atoms with Gasteiger partial charge in [-0.15, -0.1) is 10.2 Å². The fraction of sp³-hybridized carbons (Fsp3) is 0.0909. The van der Waals surface area contributed by atoms with Crippen LogP contribution in [0.4, 0.5) is 0 Å². The van der Waals surface area contributed by atoms with Crippen molar-refractivity contribution in [3.05, 3.63) is 51.1 Å². The first-order valence-electron chi connectivity index (χ1n) is 4.71. The van der Waals surface area contributed by atoms with E-state index in [9.17, 15) is 0 Å². The van der Waals surface area contributed by atoms with Crippen LogP contribution in [0.1, 0.15) is 5.56 Å². The Balaban J connectivity index is 2.04. The van der Waals surface area contributed by atoms with Crippen LogP contribution in [0, 0.1) is 0 Å². The Kier molecular flexibility index (Phi) is 4.51. The Morgan fingerprint density at radius 3 is 2.47 bits per heavy atom. The smallest absolute Gasteiger partial charge is 0.143 e. The van der Waals surface area contributed by atoms with E-state index in [2.05, 4.69) is 10.2 Å². The molecule has 0 bridgehead atoms. The fourth-order valence-corrected chi connectivity index (χ4v) is 2.64. The summed E-state index contributed by atoms with van der Waals surface area (Å²) in [5.74, 6) is 0.715. The van der Waals surface area contributed by atoms with E-state index in [0.717, 1.165) is 10.6 Å². The third-order valence-electron chi connectivity index (χ3n) is 2.00. The van der Waals surface area contributed by atoms with Gasteiger partial charge in [-0.1, -0.05) is 52.6 Å². The monoisotopic (exact) mass is 304 g/mol. The van der Waals surface area contributed by atoms with Gasteiger partial charge in [0.1, 0.15) is 5.03 Å². The minimum absolute atomic E-state index is 0.388. The standard InChI is InChI=1S/C11H7Cl3N2S/c12-8-2-1-7(9(13)5-8)6-17-11-4-3-10(14)15-16-11/h1-5H,6H2. The van der Waals surface area contributed by atoms with E-state index in [1.807, 2.05) is 18.2 Å². The fourth-order valence-electron chi connectivity index (χ4n) is 1.17. The average Bonchev–Trinajstić information content (AvgIpc) is 2.30. The number of thioether (sulfide) groups is 1. The number of rotatable bonds is 3. The van der Waals surface area contributed by atoms with Crippen molar-refractivity contribution in [1.82, 2.24) is 10.2 Å². The Morgan fingerprint density at radius 2 is 1.82 bits per heavy atom. The van der Waals surface area contributed by atoms with Crippen LogP contribution >= 0.6 is 46.6 Å². The molecule has 0 aliphatic rings. The van der Waals surface area contributed by atoms with Crippen molar-refractivity contribution in [3.8, 4) is 0 Å². The van der Waals surface area contributed by atoms with Gasteiger partial charge in [0, 0.05) is 15.8 Å². The molecule has 2 rings (SSSR count). The maximum atomic E-state index is 6.07. The van der Waals surface area contributed by atoms with Crippen LogP contribution in [-0.4, -0.2) is 10.2 Å². The number of hydrogen-bond donors (Lipinski definition) is 0. The van der Waals surface area contributed by atoms with E-state index < -0.39 is 0 Å². The molecule has 0 atom stereocenters. The van der Waals surface area contributed by atoms with Crippen molar-refractivity contribution in [2.24, 2.45) is 0 Å².